The second-order valence-electron chi connectivity index (χ2n) is 1.90. The molecule has 0 aliphatic carbocycles. The van der Waals surface area contributed by atoms with E-state index in [1.54, 1.807) is 4.31 Å². The molecule has 1 aliphatic rings. The molecule has 1 rings (SSSR count). The van der Waals surface area contributed by atoms with Gasteiger partial charge in [0.25, 0.3) is 0 Å². The molecular formula is C5H8ClNO2S. The maximum atomic E-state index is 10.8. The molecule has 3 nitrogen and oxygen atoms in total. The second-order valence-corrected chi connectivity index (χ2v) is 3.02. The van der Waals surface area contributed by atoms with E-state index in [1.165, 1.54) is 11.9 Å². The maximum absolute atomic E-state index is 10.8. The molecule has 1 atom stereocenters. The molecule has 0 aromatic rings. The number of hydrogen-bond donors (Lipinski definition) is 0. The number of halogens is 1. The van der Waals surface area contributed by atoms with Crippen molar-refractivity contribution in [2.24, 2.45) is 0 Å². The van der Waals surface area contributed by atoms with E-state index in [-0.39, 0.29) is 12.2 Å². The summed E-state index contributed by atoms with van der Waals surface area (Å²) in [5, 5.41) is 0. The molecule has 0 bridgehead atoms. The summed E-state index contributed by atoms with van der Waals surface area (Å²) < 4.78 is 6.40. The van der Waals surface area contributed by atoms with Crippen molar-refractivity contribution in [2.75, 3.05) is 18.7 Å². The fourth-order valence-corrected chi connectivity index (χ4v) is 1.40. The average molecular weight is 182 g/mol. The third-order valence-corrected chi connectivity index (χ3v) is 2.32. The standard InChI is InChI=1S/C5H8ClNO2S/c1-10-7-3-4(2-6)9-5(7)8/h4H,2-3H2,1H3. The third kappa shape index (κ3) is 1.49. The lowest BCUT2D eigenvalue weighted by atomic mass is 10.4. The monoisotopic (exact) mass is 181 g/mol. The Hall–Kier alpha value is -0.0900. The van der Waals surface area contributed by atoms with Crippen LogP contribution >= 0.6 is 23.5 Å². The van der Waals surface area contributed by atoms with E-state index in [1.807, 2.05) is 6.26 Å². The summed E-state index contributed by atoms with van der Waals surface area (Å²) in [6, 6.07) is 0. The lowest BCUT2D eigenvalue weighted by Gasteiger charge is -2.04. The zero-order valence-corrected chi connectivity index (χ0v) is 7.11. The highest BCUT2D eigenvalue weighted by molar-refractivity contribution is 7.96. The highest BCUT2D eigenvalue weighted by Crippen LogP contribution is 2.18. The molecule has 0 spiro atoms. The van der Waals surface area contributed by atoms with Crippen LogP contribution in [0.5, 0.6) is 0 Å². The largest absolute Gasteiger partial charge is 0.442 e. The van der Waals surface area contributed by atoms with Crippen molar-refractivity contribution in [3.05, 3.63) is 0 Å². The van der Waals surface area contributed by atoms with Gasteiger partial charge in [-0.2, -0.15) is 0 Å². The van der Waals surface area contributed by atoms with Crippen LogP contribution in [0, 0.1) is 0 Å². The molecule has 1 heterocycles. The molecule has 1 saturated heterocycles. The molecule has 1 aliphatic heterocycles. The van der Waals surface area contributed by atoms with Crippen LogP contribution in [0.4, 0.5) is 4.79 Å². The topological polar surface area (TPSA) is 29.5 Å². The molecule has 0 aromatic heterocycles. The highest BCUT2D eigenvalue weighted by Gasteiger charge is 2.29. The normalized spacial score (nSPS) is 25.2. The highest BCUT2D eigenvalue weighted by atomic mass is 35.5. The summed E-state index contributed by atoms with van der Waals surface area (Å²) in [5.41, 5.74) is 0. The van der Waals surface area contributed by atoms with Crippen molar-refractivity contribution < 1.29 is 9.53 Å². The Kier molecular flexibility index (Phi) is 2.68. The zero-order valence-electron chi connectivity index (χ0n) is 5.54. The summed E-state index contributed by atoms with van der Waals surface area (Å²) in [6.07, 6.45) is 1.43. The van der Waals surface area contributed by atoms with Gasteiger partial charge in [0.1, 0.15) is 6.10 Å². The smallest absolute Gasteiger partial charge is 0.420 e. The number of ether oxygens (including phenoxy) is 1. The van der Waals surface area contributed by atoms with E-state index >= 15 is 0 Å². The minimum atomic E-state index is -0.279. The summed E-state index contributed by atoms with van der Waals surface area (Å²) in [7, 11) is 0. The first-order chi connectivity index (χ1) is 4.77. The molecule has 58 valence electrons. The van der Waals surface area contributed by atoms with Gasteiger partial charge in [-0.05, 0) is 11.9 Å². The van der Waals surface area contributed by atoms with E-state index in [2.05, 4.69) is 0 Å². The molecule has 1 unspecified atom stereocenters. The van der Waals surface area contributed by atoms with Gasteiger partial charge < -0.3 is 4.74 Å². The van der Waals surface area contributed by atoms with Crippen molar-refractivity contribution >= 4 is 29.6 Å². The number of nitrogens with zero attached hydrogens (tertiary/aromatic N) is 1. The van der Waals surface area contributed by atoms with Crippen molar-refractivity contribution in [2.45, 2.75) is 6.10 Å². The van der Waals surface area contributed by atoms with Crippen LogP contribution in [0.15, 0.2) is 0 Å². The van der Waals surface area contributed by atoms with E-state index < -0.39 is 0 Å². The van der Waals surface area contributed by atoms with Crippen LogP contribution in [-0.2, 0) is 4.74 Å². The lowest BCUT2D eigenvalue weighted by Crippen LogP contribution is -2.16. The predicted octanol–water partition coefficient (Wildman–Crippen LogP) is 1.32. The van der Waals surface area contributed by atoms with Crippen molar-refractivity contribution in [1.29, 1.82) is 0 Å². The summed E-state index contributed by atoms with van der Waals surface area (Å²) in [5.74, 6) is 0.378. The molecule has 1 fully saturated rings. The molecule has 10 heavy (non-hydrogen) atoms. The Morgan fingerprint density at radius 2 is 2.70 bits per heavy atom. The van der Waals surface area contributed by atoms with Gasteiger partial charge in [-0.25, -0.2) is 9.10 Å². The zero-order chi connectivity index (χ0) is 7.56. The first kappa shape index (κ1) is 8.01. The molecule has 0 saturated carbocycles. The fourth-order valence-electron chi connectivity index (χ4n) is 0.727. The van der Waals surface area contributed by atoms with Crippen LogP contribution < -0.4 is 0 Å². The number of hydrogen-bond acceptors (Lipinski definition) is 3. The minimum Gasteiger partial charge on any atom is -0.442 e. The second kappa shape index (κ2) is 3.34. The van der Waals surface area contributed by atoms with Gasteiger partial charge in [-0.15, -0.1) is 11.6 Å². The minimum absolute atomic E-state index is 0.124. The Morgan fingerprint density at radius 3 is 3.00 bits per heavy atom. The van der Waals surface area contributed by atoms with Gasteiger partial charge in [0.05, 0.1) is 12.4 Å². The van der Waals surface area contributed by atoms with E-state index in [9.17, 15) is 4.79 Å². The maximum Gasteiger partial charge on any atom is 0.420 e. The van der Waals surface area contributed by atoms with E-state index in [4.69, 9.17) is 16.3 Å². The number of rotatable bonds is 2. The van der Waals surface area contributed by atoms with E-state index in [0.717, 1.165) is 0 Å². The molecule has 1 amide bonds. The Bertz CT molecular complexity index is 144. The van der Waals surface area contributed by atoms with Gasteiger partial charge in [0, 0.05) is 6.26 Å². The Labute approximate surface area is 68.8 Å². The summed E-state index contributed by atoms with van der Waals surface area (Å²) >= 11 is 6.84. The van der Waals surface area contributed by atoms with Gasteiger partial charge in [0.15, 0.2) is 0 Å². The number of alkyl halides is 1. The molecule has 5 heteroatoms. The molecule has 0 aromatic carbocycles. The van der Waals surface area contributed by atoms with Gasteiger partial charge in [-0.1, -0.05) is 0 Å². The first-order valence-corrected chi connectivity index (χ1v) is 4.57. The number of carbonyl (C=O) groups excluding carboxylic acids is 1. The number of amides is 1. The number of carbonyl (C=O) groups is 1. The molecule has 0 N–H and O–H groups in total. The average Bonchev–Trinajstić information content (AvgIpc) is 2.30. The molecule has 0 radical (unpaired) electrons. The van der Waals surface area contributed by atoms with E-state index in [0.29, 0.717) is 12.4 Å². The van der Waals surface area contributed by atoms with Crippen LogP contribution in [-0.4, -0.2) is 35.2 Å². The van der Waals surface area contributed by atoms with Crippen LogP contribution in [0.3, 0.4) is 0 Å². The SMILES string of the molecule is CSN1CC(CCl)OC1=O. The van der Waals surface area contributed by atoms with Gasteiger partial charge >= 0.3 is 6.09 Å². The third-order valence-electron chi connectivity index (χ3n) is 1.23. The predicted molar refractivity (Wildman–Crippen MR) is 41.2 cm³/mol. The van der Waals surface area contributed by atoms with Gasteiger partial charge in [-0.3, -0.25) is 0 Å². The number of cyclic esters (lactones) is 1. The summed E-state index contributed by atoms with van der Waals surface area (Å²) in [6.45, 7) is 0.601. The quantitative estimate of drug-likeness (QED) is 0.476. The first-order valence-electron chi connectivity index (χ1n) is 2.86. The van der Waals surface area contributed by atoms with Crippen LogP contribution in [0.25, 0.3) is 0 Å². The summed E-state index contributed by atoms with van der Waals surface area (Å²) in [4.78, 5) is 10.8. The van der Waals surface area contributed by atoms with Crippen molar-refractivity contribution in [3.63, 3.8) is 0 Å². The van der Waals surface area contributed by atoms with Crippen molar-refractivity contribution in [3.8, 4) is 0 Å². The fraction of sp³-hybridized carbons (Fsp3) is 0.800. The Morgan fingerprint density at radius 1 is 2.00 bits per heavy atom. The lowest BCUT2D eigenvalue weighted by molar-refractivity contribution is 0.146. The van der Waals surface area contributed by atoms with Crippen molar-refractivity contribution in [1.82, 2.24) is 4.31 Å². The van der Waals surface area contributed by atoms with Crippen LogP contribution in [0.2, 0.25) is 0 Å². The van der Waals surface area contributed by atoms with Crippen LogP contribution in [0.1, 0.15) is 0 Å². The Balaban J connectivity index is 2.44. The van der Waals surface area contributed by atoms with Gasteiger partial charge in [0.2, 0.25) is 0 Å². The molecular weight excluding hydrogens is 174 g/mol.